The predicted octanol–water partition coefficient (Wildman–Crippen LogP) is 4.59. The van der Waals surface area contributed by atoms with Crippen molar-refractivity contribution in [2.24, 2.45) is 16.2 Å². The summed E-state index contributed by atoms with van der Waals surface area (Å²) in [6.45, 7) is 19.9. The maximum absolute atomic E-state index is 11.0. The summed E-state index contributed by atoms with van der Waals surface area (Å²) in [4.78, 5) is 11.0. The Labute approximate surface area is 113 Å². The molecule has 0 saturated heterocycles. The van der Waals surface area contributed by atoms with Gasteiger partial charge < -0.3 is 4.74 Å². The third kappa shape index (κ3) is 4.15. The van der Waals surface area contributed by atoms with Crippen molar-refractivity contribution in [2.75, 3.05) is 6.61 Å². The van der Waals surface area contributed by atoms with Gasteiger partial charge in [0.15, 0.2) is 0 Å². The molecule has 0 aromatic rings. The van der Waals surface area contributed by atoms with E-state index in [1.807, 2.05) is 0 Å². The Morgan fingerprint density at radius 2 is 1.50 bits per heavy atom. The van der Waals surface area contributed by atoms with Gasteiger partial charge in [0, 0.05) is 6.08 Å². The minimum absolute atomic E-state index is 0.195. The van der Waals surface area contributed by atoms with Crippen LogP contribution in [0.15, 0.2) is 12.7 Å². The molecule has 0 amide bonds. The van der Waals surface area contributed by atoms with E-state index < -0.39 is 0 Å². The smallest absolute Gasteiger partial charge is 0.330 e. The van der Waals surface area contributed by atoms with Crippen LogP contribution in [0, 0.1) is 16.2 Å². The Kier molecular flexibility index (Phi) is 5.64. The second kappa shape index (κ2) is 5.90. The summed E-state index contributed by atoms with van der Waals surface area (Å²) >= 11 is 0. The largest absolute Gasteiger partial charge is 0.463 e. The molecule has 0 aliphatic heterocycles. The molecule has 0 saturated carbocycles. The van der Waals surface area contributed by atoms with E-state index in [-0.39, 0.29) is 22.2 Å². The molecule has 0 aliphatic carbocycles. The molecular formula is C16H30O2. The Morgan fingerprint density at radius 3 is 1.83 bits per heavy atom. The van der Waals surface area contributed by atoms with E-state index in [1.165, 1.54) is 6.08 Å². The highest BCUT2D eigenvalue weighted by Gasteiger charge is 2.45. The molecule has 0 rings (SSSR count). The zero-order valence-electron chi connectivity index (χ0n) is 13.2. The van der Waals surface area contributed by atoms with E-state index in [0.29, 0.717) is 6.61 Å². The minimum atomic E-state index is -0.330. The fraction of sp³-hybridized carbons (Fsp3) is 0.812. The first-order valence-electron chi connectivity index (χ1n) is 6.75. The fourth-order valence-corrected chi connectivity index (χ4v) is 2.53. The van der Waals surface area contributed by atoms with Crippen molar-refractivity contribution in [1.29, 1.82) is 0 Å². The zero-order chi connectivity index (χ0) is 14.6. The van der Waals surface area contributed by atoms with Crippen molar-refractivity contribution in [1.82, 2.24) is 0 Å². The van der Waals surface area contributed by atoms with Gasteiger partial charge in [-0.25, -0.2) is 4.79 Å². The molecule has 0 N–H and O–H groups in total. The second-order valence-corrected chi connectivity index (χ2v) is 7.31. The summed E-state index contributed by atoms with van der Waals surface area (Å²) in [5.74, 6) is -0.330. The van der Waals surface area contributed by atoms with Gasteiger partial charge in [0.1, 0.15) is 0 Å². The van der Waals surface area contributed by atoms with Crippen molar-refractivity contribution in [3.63, 3.8) is 0 Å². The standard InChI is InChI=1S/C16H30O2/c1-9-13(17)18-12-10-11-16(8,14(2,3)4)15(5,6)7/h9H,1,10-12H2,2-8H3. The van der Waals surface area contributed by atoms with E-state index in [0.717, 1.165) is 12.8 Å². The number of rotatable bonds is 5. The van der Waals surface area contributed by atoms with Crippen molar-refractivity contribution in [3.05, 3.63) is 12.7 Å². The van der Waals surface area contributed by atoms with Crippen LogP contribution in [0.25, 0.3) is 0 Å². The highest BCUT2D eigenvalue weighted by atomic mass is 16.5. The summed E-state index contributed by atoms with van der Waals surface area (Å²) < 4.78 is 5.05. The molecule has 0 aromatic carbocycles. The second-order valence-electron chi connectivity index (χ2n) is 7.31. The predicted molar refractivity (Wildman–Crippen MR) is 77.4 cm³/mol. The van der Waals surface area contributed by atoms with Crippen LogP contribution < -0.4 is 0 Å². The van der Waals surface area contributed by atoms with Crippen LogP contribution in [0.3, 0.4) is 0 Å². The van der Waals surface area contributed by atoms with Crippen molar-refractivity contribution >= 4 is 5.97 Å². The van der Waals surface area contributed by atoms with Crippen molar-refractivity contribution in [2.45, 2.75) is 61.3 Å². The molecule has 0 unspecified atom stereocenters. The fourth-order valence-electron chi connectivity index (χ4n) is 2.53. The van der Waals surface area contributed by atoms with E-state index in [9.17, 15) is 4.79 Å². The SMILES string of the molecule is C=CC(=O)OCCCC(C)(C(C)(C)C)C(C)(C)C. The number of carbonyl (C=O) groups is 1. The molecule has 0 spiro atoms. The molecule has 0 bridgehead atoms. The quantitative estimate of drug-likeness (QED) is 0.407. The summed E-state index contributed by atoms with van der Waals surface area (Å²) in [6, 6.07) is 0. The molecule has 0 aromatic heterocycles. The summed E-state index contributed by atoms with van der Waals surface area (Å²) in [7, 11) is 0. The van der Waals surface area contributed by atoms with Crippen LogP contribution in [0.5, 0.6) is 0 Å². The number of esters is 1. The molecule has 0 heterocycles. The van der Waals surface area contributed by atoms with Crippen LogP contribution in [0.2, 0.25) is 0 Å². The average Bonchev–Trinajstić information content (AvgIpc) is 2.20. The molecule has 0 fully saturated rings. The normalized spacial score (nSPS) is 13.3. The van der Waals surface area contributed by atoms with Crippen molar-refractivity contribution in [3.8, 4) is 0 Å². The molecule has 0 atom stereocenters. The molecule has 106 valence electrons. The Bertz CT molecular complexity index is 275. The van der Waals surface area contributed by atoms with Crippen molar-refractivity contribution < 1.29 is 9.53 Å². The van der Waals surface area contributed by atoms with Crippen LogP contribution in [0.1, 0.15) is 61.3 Å². The Balaban J connectivity index is 4.57. The van der Waals surface area contributed by atoms with E-state index in [4.69, 9.17) is 4.74 Å². The van der Waals surface area contributed by atoms with E-state index in [1.54, 1.807) is 0 Å². The number of carbonyl (C=O) groups excluding carboxylic acids is 1. The average molecular weight is 254 g/mol. The zero-order valence-corrected chi connectivity index (χ0v) is 13.2. The monoisotopic (exact) mass is 254 g/mol. The van der Waals surface area contributed by atoms with Gasteiger partial charge in [0.05, 0.1) is 6.61 Å². The molecule has 0 aliphatic rings. The number of hydrogen-bond acceptors (Lipinski definition) is 2. The third-order valence-electron chi connectivity index (χ3n) is 4.54. The summed E-state index contributed by atoms with van der Waals surface area (Å²) in [5.41, 5.74) is 0.627. The van der Waals surface area contributed by atoms with Gasteiger partial charge in [-0.15, -0.1) is 0 Å². The van der Waals surface area contributed by atoms with Gasteiger partial charge in [-0.1, -0.05) is 55.0 Å². The van der Waals surface area contributed by atoms with Crippen LogP contribution in [0.4, 0.5) is 0 Å². The highest BCUT2D eigenvalue weighted by Crippen LogP contribution is 2.54. The lowest BCUT2D eigenvalue weighted by atomic mass is 9.53. The number of ether oxygens (including phenoxy) is 1. The molecule has 18 heavy (non-hydrogen) atoms. The van der Waals surface area contributed by atoms with Crippen LogP contribution >= 0.6 is 0 Å². The lowest BCUT2D eigenvalue weighted by Crippen LogP contribution is -2.44. The third-order valence-corrected chi connectivity index (χ3v) is 4.54. The van der Waals surface area contributed by atoms with Crippen LogP contribution in [-0.4, -0.2) is 12.6 Å². The lowest BCUT2D eigenvalue weighted by molar-refractivity contribution is -0.138. The summed E-state index contributed by atoms with van der Waals surface area (Å²) in [5, 5.41) is 0. The first-order chi connectivity index (χ1) is 7.95. The highest BCUT2D eigenvalue weighted by molar-refractivity contribution is 5.81. The Hall–Kier alpha value is -0.790. The van der Waals surface area contributed by atoms with Gasteiger partial charge in [0.25, 0.3) is 0 Å². The Morgan fingerprint density at radius 1 is 1.06 bits per heavy atom. The maximum Gasteiger partial charge on any atom is 0.330 e. The summed E-state index contributed by atoms with van der Waals surface area (Å²) in [6.07, 6.45) is 3.15. The van der Waals surface area contributed by atoms with E-state index in [2.05, 4.69) is 55.0 Å². The molecule has 2 nitrogen and oxygen atoms in total. The van der Waals surface area contributed by atoms with Gasteiger partial charge in [-0.3, -0.25) is 0 Å². The first-order valence-corrected chi connectivity index (χ1v) is 6.75. The minimum Gasteiger partial charge on any atom is -0.463 e. The molecule has 2 heteroatoms. The topological polar surface area (TPSA) is 26.3 Å². The van der Waals surface area contributed by atoms with E-state index >= 15 is 0 Å². The molecular weight excluding hydrogens is 224 g/mol. The van der Waals surface area contributed by atoms with Gasteiger partial charge in [-0.2, -0.15) is 0 Å². The lowest BCUT2D eigenvalue weighted by Gasteiger charge is -2.52. The van der Waals surface area contributed by atoms with Gasteiger partial charge in [-0.05, 0) is 29.1 Å². The molecule has 0 radical (unpaired) electrons. The van der Waals surface area contributed by atoms with Gasteiger partial charge in [0.2, 0.25) is 0 Å². The van der Waals surface area contributed by atoms with Gasteiger partial charge >= 0.3 is 5.97 Å². The maximum atomic E-state index is 11.0. The first kappa shape index (κ1) is 17.2. The number of hydrogen-bond donors (Lipinski definition) is 0. The van der Waals surface area contributed by atoms with Crippen LogP contribution in [-0.2, 0) is 9.53 Å².